The normalized spacial score (nSPS) is 26.6. The molecule has 7 saturated carbocycles. The van der Waals surface area contributed by atoms with E-state index in [-0.39, 0.29) is 96.8 Å². The van der Waals surface area contributed by atoms with Crippen LogP contribution in [-0.4, -0.2) is 231 Å². The van der Waals surface area contributed by atoms with Gasteiger partial charge in [-0.3, -0.25) is 4.79 Å². The first kappa shape index (κ1) is 112. The standard InChI is InChI=1S/C21H24O4.C14H20O4.C13H20O2.C11H16O3.C11H12O3.C11H20O2.C10H14O3.C7H10O3.C4H6O2.C4H10O2/c1-21(2,15-3-7-17(8-4-15)22-11-19-13-24-19)16-5-9-18(10-6-16)23-12-20-14-25-20;15-14(9-2-4-11-13(6-9)18-11)16-7-8-1-3-10-12(5-8)17-10;1-5-11(14)15-10-7-6-9-8-13(10,4)12(9,2)3;1-7(2)11(12)13-6-8-3-4-9-10(5-8)14-9;1-2-11(12)14-9-8-13-10-6-4-3-5-7-10;1-3-5-6-7-8-9-10-13-11(12)4-2;1-2-10(11)12-6-7-3-4-8-9(5-7)13-8;1-5(2)7(8)10-4-6-3-9-6;1-3-4(5)6-2;5-3-1-2-4-6/h3-10,19-20H,11-14H2,1-2H3;8-13H,1-7H2;5,9-10H,1,6-8H2,2-4H3;8-10H,1,3-6H2,2H3;2-7H,1,8-9H2;4H,2-3,5-10H2,1H3;2,7-9H,1,3-6H2;6H,1,3-4H2,2H3;3H,1H2,2H3;5-6H,1-4H2. The Morgan fingerprint density at radius 2 is 0.828 bits per heavy atom. The van der Waals surface area contributed by atoms with Gasteiger partial charge in [0.2, 0.25) is 0 Å². The van der Waals surface area contributed by atoms with Crippen molar-refractivity contribution >= 4 is 47.8 Å². The van der Waals surface area contributed by atoms with Crippen LogP contribution in [0.4, 0.5) is 0 Å². The molecule has 14 aliphatic rings. The van der Waals surface area contributed by atoms with E-state index in [0.29, 0.717) is 143 Å². The summed E-state index contributed by atoms with van der Waals surface area (Å²) in [5.41, 5.74) is 3.81. The summed E-state index contributed by atoms with van der Waals surface area (Å²) >= 11 is 0. The highest BCUT2D eigenvalue weighted by molar-refractivity contribution is 5.87. The highest BCUT2D eigenvalue weighted by Gasteiger charge is 2.64. The number of carbonyl (C=O) groups excluding carboxylic acids is 8. The molecule has 18 unspecified atom stereocenters. The van der Waals surface area contributed by atoms with Crippen LogP contribution < -0.4 is 14.2 Å². The smallest absolute Gasteiger partial charge is 0.333 e. The Hall–Kier alpha value is -9.36. The molecule has 2 bridgehead atoms. The van der Waals surface area contributed by atoms with E-state index in [1.54, 1.807) is 13.8 Å². The summed E-state index contributed by atoms with van der Waals surface area (Å²) in [6.07, 6.45) is 35.4. The summed E-state index contributed by atoms with van der Waals surface area (Å²) in [5, 5.41) is 16.2. The first-order valence-corrected chi connectivity index (χ1v) is 47.9. The third-order valence-electron chi connectivity index (χ3n) is 26.0. The van der Waals surface area contributed by atoms with Gasteiger partial charge >= 0.3 is 47.8 Å². The topological polar surface area (TPSA) is 366 Å². The molecule has 0 amide bonds. The summed E-state index contributed by atoms with van der Waals surface area (Å²) in [4.78, 5) is 86.9. The van der Waals surface area contributed by atoms with E-state index in [0.717, 1.165) is 158 Å². The molecule has 7 aliphatic heterocycles. The van der Waals surface area contributed by atoms with Crippen molar-refractivity contribution in [1.82, 2.24) is 0 Å². The van der Waals surface area contributed by atoms with Gasteiger partial charge in [-0.15, -0.1) is 0 Å². The van der Waals surface area contributed by atoms with Crippen LogP contribution in [0.3, 0.4) is 0 Å². The zero-order valence-electron chi connectivity index (χ0n) is 80.8. The van der Waals surface area contributed by atoms with Gasteiger partial charge in [0.15, 0.2) is 0 Å². The lowest BCUT2D eigenvalue weighted by atomic mass is 9.39. The number of carbonyl (C=O) groups is 8. The molecule has 28 nitrogen and oxygen atoms in total. The van der Waals surface area contributed by atoms with Crippen molar-refractivity contribution in [2.45, 2.75) is 282 Å². The van der Waals surface area contributed by atoms with Crippen LogP contribution in [0.15, 0.2) is 166 Å². The Kier molecular flexibility index (Phi) is 49.1. The number of ether oxygens (including phenoxy) is 18. The van der Waals surface area contributed by atoms with Crippen molar-refractivity contribution in [3.63, 3.8) is 0 Å². The second-order valence-electron chi connectivity index (χ2n) is 37.1. The number of rotatable bonds is 39. The predicted molar refractivity (Wildman–Crippen MR) is 505 cm³/mol. The highest BCUT2D eigenvalue weighted by Crippen LogP contribution is 2.68. The average Bonchev–Trinajstić information content (AvgIpc) is 1.64. The third-order valence-corrected chi connectivity index (χ3v) is 26.0. The highest BCUT2D eigenvalue weighted by atomic mass is 16.6. The number of epoxide rings is 7. The third kappa shape index (κ3) is 42.1. The number of esters is 8. The van der Waals surface area contributed by atoms with Crippen LogP contribution in [0.25, 0.3) is 0 Å². The van der Waals surface area contributed by atoms with Crippen molar-refractivity contribution in [2.24, 2.45) is 40.4 Å². The average molecular weight is 1870 g/mol. The summed E-state index contributed by atoms with van der Waals surface area (Å²) < 4.78 is 93.2. The van der Waals surface area contributed by atoms with Crippen molar-refractivity contribution < 1.29 is 134 Å². The molecular weight excluding hydrogens is 1720 g/mol. The fourth-order valence-corrected chi connectivity index (χ4v) is 16.4. The Bertz CT molecular complexity index is 4060. The van der Waals surface area contributed by atoms with Crippen LogP contribution >= 0.6 is 0 Å². The predicted octanol–water partition coefficient (Wildman–Crippen LogP) is 16.6. The number of para-hydroxylation sites is 1. The molecule has 7 heterocycles. The Morgan fingerprint density at radius 1 is 0.425 bits per heavy atom. The maximum atomic E-state index is 12.0. The van der Waals surface area contributed by atoms with Crippen LogP contribution in [0.2, 0.25) is 0 Å². The molecule has 134 heavy (non-hydrogen) atoms. The lowest BCUT2D eigenvalue weighted by molar-refractivity contribution is -0.226. The summed E-state index contributed by atoms with van der Waals surface area (Å²) in [5.74, 6) is 2.61. The molecule has 0 radical (unpaired) electrons. The largest absolute Gasteiger partial charge is 0.491 e. The number of methoxy groups -OCH3 is 1. The summed E-state index contributed by atoms with van der Waals surface area (Å²) in [7, 11) is 1.31. The van der Waals surface area contributed by atoms with Crippen molar-refractivity contribution in [3.8, 4) is 17.2 Å². The molecule has 744 valence electrons. The van der Waals surface area contributed by atoms with Crippen molar-refractivity contribution in [3.05, 3.63) is 178 Å². The molecule has 17 rings (SSSR count). The maximum absolute atomic E-state index is 12.0. The fraction of sp³-hybridized carbons (Fsp3) is 0.623. The molecule has 28 heteroatoms. The molecule has 18 atom stereocenters. The van der Waals surface area contributed by atoms with Gasteiger partial charge in [0.05, 0.1) is 108 Å². The zero-order chi connectivity index (χ0) is 97.6. The van der Waals surface area contributed by atoms with Gasteiger partial charge in [0.1, 0.15) is 74.7 Å². The number of hydrogen-bond donors (Lipinski definition) is 2. The van der Waals surface area contributed by atoms with E-state index < -0.39 is 11.9 Å². The number of hydrogen-bond acceptors (Lipinski definition) is 28. The number of aliphatic hydroxyl groups is 2. The van der Waals surface area contributed by atoms with Crippen LogP contribution in [0.5, 0.6) is 17.2 Å². The van der Waals surface area contributed by atoms with E-state index in [9.17, 15) is 38.4 Å². The Labute approximate surface area is 794 Å². The number of aliphatic hydroxyl groups excluding tert-OH is 2. The quantitative estimate of drug-likeness (QED) is 0.0176. The Morgan fingerprint density at radius 3 is 1.24 bits per heavy atom. The first-order valence-electron chi connectivity index (χ1n) is 47.9. The zero-order valence-corrected chi connectivity index (χ0v) is 80.8. The van der Waals surface area contributed by atoms with Gasteiger partial charge < -0.3 is 95.5 Å². The monoisotopic (exact) mass is 1870 g/mol. The van der Waals surface area contributed by atoms with Crippen molar-refractivity contribution in [2.75, 3.05) is 99.6 Å². The number of unbranched alkanes of at least 4 members (excludes halogenated alkanes) is 6. The lowest BCUT2D eigenvalue weighted by Gasteiger charge is -2.66. The van der Waals surface area contributed by atoms with Crippen LogP contribution in [0, 0.1) is 40.4 Å². The minimum Gasteiger partial charge on any atom is -0.491 e. The van der Waals surface area contributed by atoms with E-state index in [1.807, 2.05) is 54.6 Å². The van der Waals surface area contributed by atoms with Gasteiger partial charge in [0.25, 0.3) is 0 Å². The second kappa shape index (κ2) is 58.9. The maximum Gasteiger partial charge on any atom is 0.333 e. The van der Waals surface area contributed by atoms with Crippen LogP contribution in [0.1, 0.15) is 214 Å². The minimum absolute atomic E-state index is 0.00258. The molecule has 0 spiro atoms. The van der Waals surface area contributed by atoms with Crippen molar-refractivity contribution in [1.29, 1.82) is 0 Å². The number of benzene rings is 3. The second-order valence-corrected chi connectivity index (χ2v) is 37.1. The van der Waals surface area contributed by atoms with Crippen LogP contribution in [-0.2, 0) is 115 Å². The van der Waals surface area contributed by atoms with E-state index in [1.165, 1.54) is 75.0 Å². The molecule has 7 aliphatic carbocycles. The molecule has 2 N–H and O–H groups in total. The fourth-order valence-electron chi connectivity index (χ4n) is 16.4. The molecule has 7 saturated heterocycles. The summed E-state index contributed by atoms with van der Waals surface area (Å²) in [6, 6.07) is 26.0. The SMILES string of the molecule is C=C(C)C(=O)OCC1CCC2OC2C1.C=C(C)C(=O)OCC1CO1.C=CC(=O)OC.C=CC(=O)OC1CCC2CC1(C)C2(C)C.C=CC(=O)OCC1CCC2OC2C1.C=CC(=O)OCCCCCCCC.C=CC(=O)OCCOc1ccccc1.CC(C)(c1ccc(OCC2CO2)cc1)c1ccc(OCC2CO2)cc1.O=C(OCC1CCC2OC2C1)C1CCC2OC2C1.OCCCCO. The Balaban J connectivity index is 0.000000208. The molecule has 0 aromatic heterocycles. The summed E-state index contributed by atoms with van der Waals surface area (Å²) in [6.45, 7) is 47.5. The lowest BCUT2D eigenvalue weighted by Crippen LogP contribution is -2.63. The molecule has 3 aromatic rings. The molecule has 3 aromatic carbocycles. The van der Waals surface area contributed by atoms with Gasteiger partial charge in [-0.05, 0) is 206 Å². The number of fused-ring (bicyclic) bond motifs is 6. The first-order chi connectivity index (χ1) is 64.3. The van der Waals surface area contributed by atoms with Gasteiger partial charge in [0, 0.05) is 65.6 Å². The molecule has 14 fully saturated rings. The van der Waals surface area contributed by atoms with Gasteiger partial charge in [-0.1, -0.05) is 162 Å². The molecular formula is C106H152O28. The minimum atomic E-state index is -0.429. The van der Waals surface area contributed by atoms with Gasteiger partial charge in [-0.2, -0.15) is 0 Å². The van der Waals surface area contributed by atoms with E-state index >= 15 is 0 Å². The van der Waals surface area contributed by atoms with E-state index in [2.05, 4.69) is 117 Å². The van der Waals surface area contributed by atoms with E-state index in [4.69, 9.17) is 90.7 Å². The van der Waals surface area contributed by atoms with Gasteiger partial charge in [-0.25, -0.2) is 33.6 Å².